The number of carbonyl (C=O) groups excluding carboxylic acids is 2. The smallest absolute Gasteiger partial charge is 0.341 e. The number of sulfonamides is 1. The molecule has 0 radical (unpaired) electrons. The first-order valence-electron chi connectivity index (χ1n) is 7.85. The molecule has 1 aromatic rings. The summed E-state index contributed by atoms with van der Waals surface area (Å²) >= 11 is 0. The molecule has 2 N–H and O–H groups in total. The van der Waals surface area contributed by atoms with Gasteiger partial charge in [-0.05, 0) is 25.1 Å². The molecular weight excluding hydrogens is 362 g/mol. The van der Waals surface area contributed by atoms with Gasteiger partial charge in [0.25, 0.3) is 5.91 Å². The second kappa shape index (κ2) is 8.97. The molecule has 0 unspecified atom stereocenters. The summed E-state index contributed by atoms with van der Waals surface area (Å²) in [5.74, 6) is -1.25. The number of likely N-dealkylation sites (N-methyl/N-ethyl adjacent to an activating group) is 1. The third kappa shape index (κ3) is 5.16. The minimum atomic E-state index is -3.76. The summed E-state index contributed by atoms with van der Waals surface area (Å²) in [6.45, 7) is 1.41. The Balaban J connectivity index is 3.27. The summed E-state index contributed by atoms with van der Waals surface area (Å²) < 4.78 is 30.8. The van der Waals surface area contributed by atoms with Crippen molar-refractivity contribution in [2.45, 2.75) is 17.9 Å². The van der Waals surface area contributed by atoms with Crippen molar-refractivity contribution < 1.29 is 27.9 Å². The Hall–Kier alpha value is -2.17. The highest BCUT2D eigenvalue weighted by Crippen LogP contribution is 2.23. The fraction of sp³-hybridized carbons (Fsp3) is 0.500. The van der Waals surface area contributed by atoms with Crippen molar-refractivity contribution in [3.05, 3.63) is 23.8 Å². The first-order chi connectivity index (χ1) is 12.0. The number of esters is 1. The lowest BCUT2D eigenvalue weighted by atomic mass is 10.1. The Morgan fingerprint density at radius 1 is 1.23 bits per heavy atom. The number of aliphatic hydroxyl groups is 1. The highest BCUT2D eigenvalue weighted by Gasteiger charge is 2.25. The number of nitrogens with zero attached hydrogens (tertiary/aromatic N) is 2. The third-order valence-corrected chi connectivity index (χ3v) is 5.30. The van der Waals surface area contributed by atoms with Gasteiger partial charge >= 0.3 is 5.97 Å². The van der Waals surface area contributed by atoms with E-state index in [1.54, 1.807) is 0 Å². The summed E-state index contributed by atoms with van der Waals surface area (Å²) in [4.78, 5) is 25.6. The van der Waals surface area contributed by atoms with Crippen LogP contribution in [-0.4, -0.2) is 82.1 Å². The van der Waals surface area contributed by atoms with Crippen LogP contribution >= 0.6 is 0 Å². The molecule has 10 heteroatoms. The van der Waals surface area contributed by atoms with Gasteiger partial charge in [-0.15, -0.1) is 0 Å². The highest BCUT2D eigenvalue weighted by atomic mass is 32.2. The van der Waals surface area contributed by atoms with E-state index in [4.69, 9.17) is 9.84 Å². The van der Waals surface area contributed by atoms with Crippen LogP contribution in [0.2, 0.25) is 0 Å². The highest BCUT2D eigenvalue weighted by molar-refractivity contribution is 7.89. The van der Waals surface area contributed by atoms with E-state index in [1.807, 2.05) is 0 Å². The molecule has 0 aliphatic rings. The molecule has 146 valence electrons. The van der Waals surface area contributed by atoms with Gasteiger partial charge in [0.15, 0.2) is 6.10 Å². The lowest BCUT2D eigenvalue weighted by Crippen LogP contribution is -2.35. The van der Waals surface area contributed by atoms with Gasteiger partial charge in [0.2, 0.25) is 10.0 Å². The molecule has 0 saturated carbocycles. The van der Waals surface area contributed by atoms with Crippen LogP contribution in [0, 0.1) is 0 Å². The molecule has 0 aliphatic carbocycles. The van der Waals surface area contributed by atoms with Crippen LogP contribution in [-0.2, 0) is 19.6 Å². The Labute approximate surface area is 153 Å². The van der Waals surface area contributed by atoms with E-state index in [0.717, 1.165) is 4.31 Å². The monoisotopic (exact) mass is 387 g/mol. The Kier molecular flexibility index (Phi) is 7.54. The number of rotatable bonds is 8. The molecule has 1 amide bonds. The van der Waals surface area contributed by atoms with E-state index in [1.165, 1.54) is 58.2 Å². The van der Waals surface area contributed by atoms with Crippen molar-refractivity contribution in [3.8, 4) is 0 Å². The fourth-order valence-electron chi connectivity index (χ4n) is 2.05. The van der Waals surface area contributed by atoms with Gasteiger partial charge in [-0.3, -0.25) is 4.79 Å². The van der Waals surface area contributed by atoms with E-state index in [2.05, 4.69) is 5.32 Å². The second-order valence-electron chi connectivity index (χ2n) is 5.93. The molecule has 1 rings (SSSR count). The van der Waals surface area contributed by atoms with Crippen molar-refractivity contribution in [2.75, 3.05) is 46.7 Å². The quantitative estimate of drug-likeness (QED) is 0.602. The second-order valence-corrected chi connectivity index (χ2v) is 8.08. The van der Waals surface area contributed by atoms with Gasteiger partial charge in [-0.25, -0.2) is 17.5 Å². The maximum Gasteiger partial charge on any atom is 0.341 e. The third-order valence-electron chi connectivity index (χ3n) is 3.49. The van der Waals surface area contributed by atoms with Crippen LogP contribution in [0.5, 0.6) is 0 Å². The number of amides is 1. The largest absolute Gasteiger partial charge is 0.449 e. The molecule has 9 nitrogen and oxygen atoms in total. The molecule has 0 fully saturated rings. The lowest BCUT2D eigenvalue weighted by Gasteiger charge is -2.19. The Bertz CT molecular complexity index is 761. The van der Waals surface area contributed by atoms with Gasteiger partial charge in [0, 0.05) is 40.4 Å². The number of ether oxygens (including phenoxy) is 1. The molecule has 26 heavy (non-hydrogen) atoms. The summed E-state index contributed by atoms with van der Waals surface area (Å²) in [5, 5.41) is 11.8. The molecule has 0 saturated heterocycles. The van der Waals surface area contributed by atoms with Gasteiger partial charge in [-0.2, -0.15) is 0 Å². The molecule has 0 heterocycles. The van der Waals surface area contributed by atoms with E-state index in [9.17, 15) is 18.0 Å². The Morgan fingerprint density at radius 2 is 1.85 bits per heavy atom. The van der Waals surface area contributed by atoms with Crippen molar-refractivity contribution in [1.82, 2.24) is 9.21 Å². The SMILES string of the molecule is C[C@@H](OC(=O)c1cc(S(=O)(=O)N(C)C)ccc1NCCO)C(=O)N(C)C. The first kappa shape index (κ1) is 21.9. The summed E-state index contributed by atoms with van der Waals surface area (Å²) in [6, 6.07) is 3.95. The maximum absolute atomic E-state index is 12.5. The summed E-state index contributed by atoms with van der Waals surface area (Å²) in [7, 11) is 2.07. The van der Waals surface area contributed by atoms with Crippen molar-refractivity contribution in [3.63, 3.8) is 0 Å². The minimum absolute atomic E-state index is 0.0419. The van der Waals surface area contributed by atoms with Crippen molar-refractivity contribution >= 4 is 27.6 Å². The average molecular weight is 387 g/mol. The average Bonchev–Trinajstić information content (AvgIpc) is 2.58. The first-order valence-corrected chi connectivity index (χ1v) is 9.29. The van der Waals surface area contributed by atoms with Crippen LogP contribution in [0.15, 0.2) is 23.1 Å². The van der Waals surface area contributed by atoms with Crippen LogP contribution in [0.3, 0.4) is 0 Å². The fourth-order valence-corrected chi connectivity index (χ4v) is 2.97. The number of aliphatic hydroxyl groups excluding tert-OH is 1. The molecule has 0 aliphatic heterocycles. The zero-order chi connectivity index (χ0) is 20.1. The van der Waals surface area contributed by atoms with Gasteiger partial charge in [0.05, 0.1) is 17.1 Å². The zero-order valence-corrected chi connectivity index (χ0v) is 16.3. The van der Waals surface area contributed by atoms with Gasteiger partial charge in [-0.1, -0.05) is 0 Å². The summed E-state index contributed by atoms with van der Waals surface area (Å²) in [6.07, 6.45) is -1.03. The summed E-state index contributed by atoms with van der Waals surface area (Å²) in [5.41, 5.74) is 0.256. The molecule has 1 atom stereocenters. The van der Waals surface area contributed by atoms with E-state index >= 15 is 0 Å². The minimum Gasteiger partial charge on any atom is -0.449 e. The van der Waals surface area contributed by atoms with Crippen LogP contribution < -0.4 is 5.32 Å². The van der Waals surface area contributed by atoms with Crippen LogP contribution in [0.4, 0.5) is 5.69 Å². The van der Waals surface area contributed by atoms with E-state index < -0.39 is 28.0 Å². The predicted molar refractivity (Wildman–Crippen MR) is 96.5 cm³/mol. The molecule has 0 bridgehead atoms. The Morgan fingerprint density at radius 3 is 2.35 bits per heavy atom. The number of benzene rings is 1. The number of nitrogens with one attached hydrogen (secondary N) is 1. The van der Waals surface area contributed by atoms with Gasteiger partial charge in [0.1, 0.15) is 0 Å². The van der Waals surface area contributed by atoms with Gasteiger partial charge < -0.3 is 20.1 Å². The van der Waals surface area contributed by atoms with E-state index in [-0.39, 0.29) is 23.6 Å². The lowest BCUT2D eigenvalue weighted by molar-refractivity contribution is -0.137. The predicted octanol–water partition coefficient (Wildman–Crippen LogP) is -0.0254. The maximum atomic E-state index is 12.5. The number of carbonyl (C=O) groups is 2. The van der Waals surface area contributed by atoms with Crippen molar-refractivity contribution in [2.24, 2.45) is 0 Å². The molecule has 0 spiro atoms. The molecular formula is C16H25N3O6S. The molecule has 0 aromatic heterocycles. The van der Waals surface area contributed by atoms with Crippen LogP contribution in [0.25, 0.3) is 0 Å². The van der Waals surface area contributed by atoms with Crippen molar-refractivity contribution in [1.29, 1.82) is 0 Å². The number of hydrogen-bond acceptors (Lipinski definition) is 7. The number of anilines is 1. The normalized spacial score (nSPS) is 12.6. The zero-order valence-electron chi connectivity index (χ0n) is 15.5. The molecule has 1 aromatic carbocycles. The topological polar surface area (TPSA) is 116 Å². The van der Waals surface area contributed by atoms with Crippen LogP contribution in [0.1, 0.15) is 17.3 Å². The number of hydrogen-bond donors (Lipinski definition) is 2. The standard InChI is InChI=1S/C16H25N3O6S/c1-11(15(21)18(2)3)25-16(22)13-10-12(26(23,24)19(4)5)6-7-14(13)17-8-9-20/h6-7,10-11,17,20H,8-9H2,1-5H3/t11-/m1/s1. The van der Waals surface area contributed by atoms with E-state index in [0.29, 0.717) is 5.69 Å².